The van der Waals surface area contributed by atoms with Crippen LogP contribution in [0.1, 0.15) is 12.8 Å². The average molecular weight is 442 g/mol. The summed E-state index contributed by atoms with van der Waals surface area (Å²) in [4.78, 5) is 22.9. The molecule has 0 rings (SSSR count). The van der Waals surface area contributed by atoms with Crippen molar-refractivity contribution < 1.29 is 9.59 Å². The van der Waals surface area contributed by atoms with E-state index in [1.807, 2.05) is 23.5 Å². The second-order valence-corrected chi connectivity index (χ2v) is 10.1. The molecule has 0 spiro atoms. The van der Waals surface area contributed by atoms with Gasteiger partial charge in [-0.3, -0.25) is 9.59 Å². The highest BCUT2D eigenvalue weighted by atomic mass is 35.5. The summed E-state index contributed by atoms with van der Waals surface area (Å²) in [6.07, 6.45) is 0.858. The molecule has 9 heteroatoms. The molecule has 0 bridgehead atoms. The van der Waals surface area contributed by atoms with Crippen molar-refractivity contribution in [2.45, 2.75) is 18.1 Å². The lowest BCUT2D eigenvalue weighted by molar-refractivity contribution is -0.111. The van der Waals surface area contributed by atoms with Gasteiger partial charge in [-0.15, -0.1) is 23.2 Å². The molecule has 0 saturated heterocycles. The van der Waals surface area contributed by atoms with E-state index in [0.717, 1.165) is 34.5 Å². The van der Waals surface area contributed by atoms with Gasteiger partial charge in [0, 0.05) is 58.6 Å². The van der Waals surface area contributed by atoms with E-state index in [0.29, 0.717) is 29.9 Å². The third-order valence-corrected chi connectivity index (χ3v) is 8.26. The molecule has 0 aromatic carbocycles. The van der Waals surface area contributed by atoms with Crippen LogP contribution in [0.5, 0.6) is 0 Å². The third-order valence-electron chi connectivity index (χ3n) is 2.27. The first-order valence-corrected chi connectivity index (χ1v) is 12.7. The lowest BCUT2D eigenvalue weighted by atomic mass is 10.5. The van der Waals surface area contributed by atoms with E-state index in [-0.39, 0.29) is 10.2 Å². The number of carbonyl (C=O) groups excluding carboxylic acids is 2. The quantitative estimate of drug-likeness (QED) is 0.242. The van der Waals surface area contributed by atoms with Crippen LogP contribution in [0.4, 0.5) is 0 Å². The van der Waals surface area contributed by atoms with Crippen LogP contribution >= 0.6 is 82.9 Å². The second-order valence-electron chi connectivity index (χ2n) is 4.07. The first-order chi connectivity index (χ1) is 10.6. The largest absolute Gasteiger partial charge is 0.287 e. The van der Waals surface area contributed by atoms with Gasteiger partial charge in [0.05, 0.1) is 0 Å². The Hall–Kier alpha value is 1.67. The van der Waals surface area contributed by atoms with Gasteiger partial charge >= 0.3 is 0 Å². The predicted octanol–water partition coefficient (Wildman–Crippen LogP) is 4.53. The fraction of sp³-hybridized carbons (Fsp3) is 0.846. The molecule has 0 aliphatic rings. The molecule has 130 valence electrons. The molecule has 0 aromatic heterocycles. The maximum atomic E-state index is 11.6. The smallest absolute Gasteiger partial charge is 0.190 e. The molecule has 2 nitrogen and oxygen atoms in total. The number of rotatable bonds is 14. The molecule has 0 aromatic rings. The molecule has 0 aliphatic carbocycles. The first-order valence-electron chi connectivity index (χ1n) is 6.87. The van der Waals surface area contributed by atoms with Gasteiger partial charge in [0.1, 0.15) is 0 Å². The molecular weight excluding hydrogens is 419 g/mol. The Morgan fingerprint density at radius 1 is 0.909 bits per heavy atom. The maximum Gasteiger partial charge on any atom is 0.190 e. The highest BCUT2D eigenvalue weighted by Crippen LogP contribution is 2.23. The third kappa shape index (κ3) is 15.2. The Morgan fingerprint density at radius 3 is 2.14 bits per heavy atom. The topological polar surface area (TPSA) is 34.1 Å². The summed E-state index contributed by atoms with van der Waals surface area (Å²) in [5.41, 5.74) is 0. The molecule has 1 unspecified atom stereocenters. The van der Waals surface area contributed by atoms with Crippen LogP contribution < -0.4 is 0 Å². The van der Waals surface area contributed by atoms with Crippen LogP contribution in [0.3, 0.4) is 0 Å². The summed E-state index contributed by atoms with van der Waals surface area (Å²) < 4.78 is 0. The van der Waals surface area contributed by atoms with Crippen LogP contribution in [-0.4, -0.2) is 61.8 Å². The van der Waals surface area contributed by atoms with Crippen molar-refractivity contribution >= 4 is 93.1 Å². The Balaban J connectivity index is 3.95. The molecule has 0 aliphatic heterocycles. The zero-order valence-corrected chi connectivity index (χ0v) is 18.0. The number of alkyl halides is 2. The standard InChI is InChI=1S/C13H22Cl2O2S5/c14-3-1-12(16)21-8-7-20-11(9-19-6-5-18)10-22-13(17)2-4-15/h11,18H,1-10H2. The van der Waals surface area contributed by atoms with Crippen molar-refractivity contribution in [3.05, 3.63) is 0 Å². The van der Waals surface area contributed by atoms with E-state index in [1.54, 1.807) is 0 Å². The highest BCUT2D eigenvalue weighted by Gasteiger charge is 2.13. The van der Waals surface area contributed by atoms with E-state index in [4.69, 9.17) is 23.2 Å². The Kier molecular flexibility index (Phi) is 18.8. The number of halogens is 2. The van der Waals surface area contributed by atoms with Gasteiger partial charge in [0.25, 0.3) is 0 Å². The molecule has 0 fully saturated rings. The van der Waals surface area contributed by atoms with Crippen LogP contribution in [0.15, 0.2) is 0 Å². The van der Waals surface area contributed by atoms with Crippen molar-refractivity contribution in [1.29, 1.82) is 0 Å². The fourth-order valence-electron chi connectivity index (χ4n) is 1.28. The van der Waals surface area contributed by atoms with Gasteiger partial charge in [-0.25, -0.2) is 0 Å². The number of carbonyl (C=O) groups is 2. The Labute approximate surface area is 166 Å². The van der Waals surface area contributed by atoms with Gasteiger partial charge in [0.2, 0.25) is 0 Å². The van der Waals surface area contributed by atoms with Crippen LogP contribution in [0.2, 0.25) is 0 Å². The van der Waals surface area contributed by atoms with Crippen molar-refractivity contribution in [2.24, 2.45) is 0 Å². The fourth-order valence-corrected chi connectivity index (χ4v) is 6.58. The molecular formula is C13H22Cl2O2S5. The minimum atomic E-state index is 0.156. The first kappa shape index (κ1) is 23.7. The Morgan fingerprint density at radius 2 is 1.55 bits per heavy atom. The number of hydrogen-bond acceptors (Lipinski definition) is 7. The SMILES string of the molecule is O=C(CCCl)SCCSC(CSCCS)CSC(=O)CCCl. The minimum absolute atomic E-state index is 0.156. The number of hydrogen-bond donors (Lipinski definition) is 1. The summed E-state index contributed by atoms with van der Waals surface area (Å²) in [6, 6.07) is 0. The van der Waals surface area contributed by atoms with Crippen molar-refractivity contribution in [1.82, 2.24) is 0 Å². The summed E-state index contributed by atoms with van der Waals surface area (Å²) in [7, 11) is 0. The highest BCUT2D eigenvalue weighted by molar-refractivity contribution is 8.15. The monoisotopic (exact) mass is 440 g/mol. The average Bonchev–Trinajstić information content (AvgIpc) is 2.49. The van der Waals surface area contributed by atoms with E-state index in [9.17, 15) is 9.59 Å². The van der Waals surface area contributed by atoms with Crippen molar-refractivity contribution in [2.75, 3.05) is 46.3 Å². The maximum absolute atomic E-state index is 11.6. The molecule has 0 radical (unpaired) electrons. The molecule has 0 heterocycles. The number of thioether (sulfide) groups is 4. The van der Waals surface area contributed by atoms with E-state index in [2.05, 4.69) is 12.6 Å². The lowest BCUT2D eigenvalue weighted by Gasteiger charge is -2.15. The van der Waals surface area contributed by atoms with E-state index in [1.165, 1.54) is 23.5 Å². The van der Waals surface area contributed by atoms with Crippen molar-refractivity contribution in [3.63, 3.8) is 0 Å². The number of thiol groups is 1. The molecule has 1 atom stereocenters. The van der Waals surface area contributed by atoms with E-state index >= 15 is 0 Å². The van der Waals surface area contributed by atoms with Crippen LogP contribution in [0, 0.1) is 0 Å². The van der Waals surface area contributed by atoms with Crippen LogP contribution in [0.25, 0.3) is 0 Å². The van der Waals surface area contributed by atoms with E-state index < -0.39 is 0 Å². The second kappa shape index (κ2) is 17.5. The van der Waals surface area contributed by atoms with Gasteiger partial charge < -0.3 is 0 Å². The molecule has 22 heavy (non-hydrogen) atoms. The van der Waals surface area contributed by atoms with Gasteiger partial charge in [-0.2, -0.15) is 36.2 Å². The van der Waals surface area contributed by atoms with Gasteiger partial charge in [0.15, 0.2) is 10.2 Å². The molecule has 0 saturated carbocycles. The summed E-state index contributed by atoms with van der Waals surface area (Å²) >= 11 is 21.7. The normalized spacial score (nSPS) is 12.3. The molecule has 0 N–H and O–H groups in total. The Bertz CT molecular complexity index is 308. The summed E-state index contributed by atoms with van der Waals surface area (Å²) in [5.74, 6) is 6.18. The predicted molar refractivity (Wildman–Crippen MR) is 113 cm³/mol. The summed E-state index contributed by atoms with van der Waals surface area (Å²) in [5, 5.41) is 0.729. The summed E-state index contributed by atoms with van der Waals surface area (Å²) in [6.45, 7) is 0. The zero-order chi connectivity index (χ0) is 16.6. The van der Waals surface area contributed by atoms with Gasteiger partial charge in [-0.05, 0) is 5.75 Å². The van der Waals surface area contributed by atoms with Gasteiger partial charge in [-0.1, -0.05) is 23.5 Å². The van der Waals surface area contributed by atoms with Crippen molar-refractivity contribution in [3.8, 4) is 0 Å². The lowest BCUT2D eigenvalue weighted by Crippen LogP contribution is -2.14. The minimum Gasteiger partial charge on any atom is -0.287 e. The molecule has 0 amide bonds. The zero-order valence-electron chi connectivity index (χ0n) is 12.3. The van der Waals surface area contributed by atoms with Crippen LogP contribution in [-0.2, 0) is 9.59 Å².